The molecule has 0 atom stereocenters. The minimum Gasteiger partial charge on any atom is -0.495 e. The van der Waals surface area contributed by atoms with Gasteiger partial charge in [0.2, 0.25) is 0 Å². The molecule has 0 radical (unpaired) electrons. The topological polar surface area (TPSA) is 162 Å². The van der Waals surface area contributed by atoms with Gasteiger partial charge in [-0.05, 0) is 18.2 Å². The van der Waals surface area contributed by atoms with Gasteiger partial charge in [-0.15, -0.1) is 0 Å². The molecule has 0 saturated carbocycles. The SMILES string of the molecule is COc1ccc(S(=O)(=O)CCOS(=O)(=O)O)cc1NC(N)=O. The lowest BCUT2D eigenvalue weighted by molar-refractivity contribution is 0.259. The maximum absolute atomic E-state index is 12.0. The van der Waals surface area contributed by atoms with Crippen LogP contribution in [-0.2, 0) is 24.4 Å². The largest absolute Gasteiger partial charge is 0.495 e. The van der Waals surface area contributed by atoms with Crippen LogP contribution in [0.1, 0.15) is 0 Å². The average molecular weight is 354 g/mol. The third-order valence-corrected chi connectivity index (χ3v) is 4.51. The molecule has 0 fully saturated rings. The molecule has 0 unspecified atom stereocenters. The summed E-state index contributed by atoms with van der Waals surface area (Å²) in [4.78, 5) is 10.7. The second kappa shape index (κ2) is 6.91. The van der Waals surface area contributed by atoms with E-state index in [2.05, 4.69) is 9.50 Å². The van der Waals surface area contributed by atoms with E-state index in [4.69, 9.17) is 15.0 Å². The summed E-state index contributed by atoms with van der Waals surface area (Å²) in [5.41, 5.74) is 5.00. The van der Waals surface area contributed by atoms with Gasteiger partial charge in [-0.2, -0.15) is 8.42 Å². The van der Waals surface area contributed by atoms with E-state index in [1.807, 2.05) is 0 Å². The molecule has 10 nitrogen and oxygen atoms in total. The van der Waals surface area contributed by atoms with E-state index >= 15 is 0 Å². The minimum atomic E-state index is -4.72. The second-order valence-corrected chi connectivity index (χ2v) is 7.12. The van der Waals surface area contributed by atoms with Crippen molar-refractivity contribution in [1.29, 1.82) is 0 Å². The lowest BCUT2D eigenvalue weighted by atomic mass is 10.3. The fourth-order valence-corrected chi connectivity index (χ4v) is 2.99. The van der Waals surface area contributed by atoms with Gasteiger partial charge in [-0.25, -0.2) is 17.4 Å². The quantitative estimate of drug-likeness (QED) is 0.566. The van der Waals surface area contributed by atoms with Crippen LogP contribution >= 0.6 is 0 Å². The Balaban J connectivity index is 3.01. The predicted molar refractivity (Wildman–Crippen MR) is 75.8 cm³/mol. The number of anilines is 1. The van der Waals surface area contributed by atoms with E-state index in [1.165, 1.54) is 19.2 Å². The van der Waals surface area contributed by atoms with Crippen molar-refractivity contribution in [2.24, 2.45) is 5.73 Å². The number of nitrogens with two attached hydrogens (primary N) is 1. The summed E-state index contributed by atoms with van der Waals surface area (Å²) < 4.78 is 62.0. The highest BCUT2D eigenvalue weighted by atomic mass is 32.3. The third-order valence-electron chi connectivity index (χ3n) is 2.37. The number of carbonyl (C=O) groups is 1. The van der Waals surface area contributed by atoms with Gasteiger partial charge < -0.3 is 15.8 Å². The Labute approximate surface area is 127 Å². The Morgan fingerprint density at radius 2 is 1.95 bits per heavy atom. The maximum atomic E-state index is 12.0. The smallest absolute Gasteiger partial charge is 0.397 e. The molecule has 4 N–H and O–H groups in total. The Kier molecular flexibility index (Phi) is 5.71. The second-order valence-electron chi connectivity index (χ2n) is 3.92. The zero-order chi connectivity index (χ0) is 17.0. The van der Waals surface area contributed by atoms with E-state index in [0.717, 1.165) is 6.07 Å². The molecule has 2 amide bonds. The van der Waals surface area contributed by atoms with Crippen LogP contribution in [0.4, 0.5) is 10.5 Å². The van der Waals surface area contributed by atoms with Crippen molar-refractivity contribution < 1.29 is 35.1 Å². The van der Waals surface area contributed by atoms with Crippen molar-refractivity contribution in [3.05, 3.63) is 18.2 Å². The molecular weight excluding hydrogens is 340 g/mol. The first-order valence-corrected chi connectivity index (χ1v) is 8.66. The van der Waals surface area contributed by atoms with Gasteiger partial charge in [-0.1, -0.05) is 0 Å². The Morgan fingerprint density at radius 3 is 2.45 bits per heavy atom. The van der Waals surface area contributed by atoms with Crippen molar-refractivity contribution in [1.82, 2.24) is 0 Å². The number of rotatable bonds is 7. The molecule has 0 aromatic heterocycles. The molecule has 0 spiro atoms. The zero-order valence-electron chi connectivity index (χ0n) is 11.3. The van der Waals surface area contributed by atoms with Gasteiger partial charge in [-0.3, -0.25) is 4.55 Å². The highest BCUT2D eigenvalue weighted by Crippen LogP contribution is 2.27. The number of urea groups is 1. The van der Waals surface area contributed by atoms with Crippen LogP contribution < -0.4 is 15.8 Å². The summed E-state index contributed by atoms with van der Waals surface area (Å²) in [6.45, 7) is -0.758. The summed E-state index contributed by atoms with van der Waals surface area (Å²) in [5.74, 6) is -0.512. The van der Waals surface area contributed by atoms with Crippen molar-refractivity contribution in [2.75, 3.05) is 24.8 Å². The molecule has 1 rings (SSSR count). The lowest BCUT2D eigenvalue weighted by Crippen LogP contribution is -2.20. The van der Waals surface area contributed by atoms with Gasteiger partial charge in [0.05, 0.1) is 30.1 Å². The van der Waals surface area contributed by atoms with Crippen LogP contribution in [0.15, 0.2) is 23.1 Å². The molecule has 1 aromatic rings. The highest BCUT2D eigenvalue weighted by molar-refractivity contribution is 7.91. The first-order chi connectivity index (χ1) is 10.0. The summed E-state index contributed by atoms with van der Waals surface area (Å²) in [6.07, 6.45) is 0. The standard InChI is InChI=1S/C10H14N2O8S2/c1-19-9-3-2-7(6-8(9)12-10(11)13)21(14,15)5-4-20-22(16,17)18/h2-3,6H,4-5H2,1H3,(H3,11,12,13)(H,16,17,18). The molecule has 0 bridgehead atoms. The number of sulfone groups is 1. The Bertz CT molecular complexity index is 757. The van der Waals surface area contributed by atoms with Crippen LogP contribution in [0, 0.1) is 0 Å². The molecule has 0 saturated heterocycles. The molecule has 0 heterocycles. The minimum absolute atomic E-state index is 0.0340. The summed E-state index contributed by atoms with van der Waals surface area (Å²) in [7, 11) is -7.32. The van der Waals surface area contributed by atoms with Gasteiger partial charge in [0, 0.05) is 0 Å². The number of hydrogen-bond donors (Lipinski definition) is 3. The van der Waals surface area contributed by atoms with Gasteiger partial charge in [0.1, 0.15) is 5.75 Å². The summed E-state index contributed by atoms with van der Waals surface area (Å²) in [5, 5.41) is 2.20. The molecule has 0 aliphatic heterocycles. The van der Waals surface area contributed by atoms with Crippen LogP contribution in [0.3, 0.4) is 0 Å². The van der Waals surface area contributed by atoms with E-state index in [0.29, 0.717) is 0 Å². The molecule has 124 valence electrons. The summed E-state index contributed by atoms with van der Waals surface area (Å²) >= 11 is 0. The first kappa shape index (κ1) is 18.2. The molecule has 0 aliphatic rings. The van der Waals surface area contributed by atoms with Crippen molar-refractivity contribution in [3.63, 3.8) is 0 Å². The highest BCUT2D eigenvalue weighted by Gasteiger charge is 2.19. The average Bonchev–Trinajstić information content (AvgIpc) is 2.36. The number of hydrogen-bond acceptors (Lipinski definition) is 7. The van der Waals surface area contributed by atoms with E-state index in [9.17, 15) is 21.6 Å². The third kappa shape index (κ3) is 5.48. The first-order valence-electron chi connectivity index (χ1n) is 5.64. The number of benzene rings is 1. The Morgan fingerprint density at radius 1 is 1.32 bits per heavy atom. The lowest BCUT2D eigenvalue weighted by Gasteiger charge is -2.11. The van der Waals surface area contributed by atoms with Crippen LogP contribution in [0.2, 0.25) is 0 Å². The number of ether oxygens (including phenoxy) is 1. The normalized spacial score (nSPS) is 11.9. The fourth-order valence-electron chi connectivity index (χ4n) is 1.48. The van der Waals surface area contributed by atoms with E-state index < -0.39 is 38.6 Å². The van der Waals surface area contributed by atoms with Crippen LogP contribution in [0.5, 0.6) is 5.75 Å². The van der Waals surface area contributed by atoms with E-state index in [1.54, 1.807) is 0 Å². The number of methoxy groups -OCH3 is 1. The monoisotopic (exact) mass is 354 g/mol. The predicted octanol–water partition coefficient (Wildman–Crippen LogP) is -0.221. The number of primary amides is 1. The number of carbonyl (C=O) groups excluding carboxylic acids is 1. The Hall–Kier alpha value is -1.89. The van der Waals surface area contributed by atoms with Crippen LogP contribution in [0.25, 0.3) is 0 Å². The summed E-state index contributed by atoms with van der Waals surface area (Å²) in [6, 6.07) is 2.68. The molecule has 0 aliphatic carbocycles. The zero-order valence-corrected chi connectivity index (χ0v) is 13.0. The van der Waals surface area contributed by atoms with Crippen LogP contribution in [-0.4, -0.2) is 46.9 Å². The van der Waals surface area contributed by atoms with Crippen molar-refractivity contribution >= 4 is 32.0 Å². The molecule has 12 heteroatoms. The number of nitrogens with one attached hydrogen (secondary N) is 1. The van der Waals surface area contributed by atoms with E-state index in [-0.39, 0.29) is 16.3 Å². The van der Waals surface area contributed by atoms with Crippen molar-refractivity contribution in [2.45, 2.75) is 4.90 Å². The van der Waals surface area contributed by atoms with Gasteiger partial charge in [0.25, 0.3) is 0 Å². The van der Waals surface area contributed by atoms with Gasteiger partial charge >= 0.3 is 16.4 Å². The molecular formula is C10H14N2O8S2. The molecule has 22 heavy (non-hydrogen) atoms. The number of amides is 2. The maximum Gasteiger partial charge on any atom is 0.397 e. The molecule has 1 aromatic carbocycles. The fraction of sp³-hybridized carbons (Fsp3) is 0.300. The van der Waals surface area contributed by atoms with Crippen molar-refractivity contribution in [3.8, 4) is 5.75 Å². The van der Waals surface area contributed by atoms with Gasteiger partial charge in [0.15, 0.2) is 9.84 Å².